The number of aromatic nitrogens is 1. The van der Waals surface area contributed by atoms with Crippen LogP contribution >= 0.6 is 11.3 Å². The van der Waals surface area contributed by atoms with E-state index in [1.165, 1.54) is 23.5 Å². The zero-order valence-corrected chi connectivity index (χ0v) is 12.8. The molecule has 1 N–H and O–H groups in total. The van der Waals surface area contributed by atoms with E-state index in [4.69, 9.17) is 0 Å². The average molecular weight is 311 g/mol. The smallest absolute Gasteiger partial charge is 0.203 e. The molecule has 5 heteroatoms. The second-order valence-corrected chi connectivity index (χ2v) is 5.58. The number of nitrogens with zero attached hydrogens (tertiary/aromatic N) is 2. The Morgan fingerprint density at radius 3 is 2.55 bits per heavy atom. The van der Waals surface area contributed by atoms with Gasteiger partial charge in [0.2, 0.25) is 5.13 Å². The first-order valence-corrected chi connectivity index (χ1v) is 7.67. The van der Waals surface area contributed by atoms with Crippen molar-refractivity contribution in [2.45, 2.75) is 6.92 Å². The van der Waals surface area contributed by atoms with Gasteiger partial charge in [0.1, 0.15) is 5.82 Å². The summed E-state index contributed by atoms with van der Waals surface area (Å²) in [5.74, 6) is -0.253. The summed E-state index contributed by atoms with van der Waals surface area (Å²) in [6, 6.07) is 16.2. The first-order valence-electron chi connectivity index (χ1n) is 6.79. The minimum Gasteiger partial charge on any atom is -0.252 e. The molecule has 3 rings (SSSR count). The fraction of sp³-hybridized carbons (Fsp3) is 0.0588. The lowest BCUT2D eigenvalue weighted by Crippen LogP contribution is -1.99. The lowest BCUT2D eigenvalue weighted by molar-refractivity contribution is 0.628. The van der Waals surface area contributed by atoms with Crippen LogP contribution < -0.4 is 5.43 Å². The van der Waals surface area contributed by atoms with Crippen molar-refractivity contribution in [3.05, 3.63) is 71.4 Å². The highest BCUT2D eigenvalue weighted by Gasteiger charge is 2.04. The molecule has 0 saturated heterocycles. The Labute approximate surface area is 132 Å². The molecular weight excluding hydrogens is 297 g/mol. The van der Waals surface area contributed by atoms with Crippen LogP contribution in [0.4, 0.5) is 9.52 Å². The topological polar surface area (TPSA) is 37.3 Å². The molecule has 0 atom stereocenters. The second kappa shape index (κ2) is 6.49. The van der Waals surface area contributed by atoms with Gasteiger partial charge >= 0.3 is 0 Å². The Balaban J connectivity index is 1.73. The van der Waals surface area contributed by atoms with Crippen molar-refractivity contribution in [2.75, 3.05) is 5.43 Å². The maximum absolute atomic E-state index is 12.9. The molecule has 0 aliphatic carbocycles. The molecule has 110 valence electrons. The summed E-state index contributed by atoms with van der Waals surface area (Å²) in [5, 5.41) is 7.00. The van der Waals surface area contributed by atoms with Gasteiger partial charge in [-0.2, -0.15) is 5.10 Å². The summed E-state index contributed by atoms with van der Waals surface area (Å²) in [5.41, 5.74) is 6.59. The molecule has 0 aliphatic rings. The normalized spacial score (nSPS) is 11.5. The predicted octanol–water partition coefficient (Wildman–Crippen LogP) is 4.79. The van der Waals surface area contributed by atoms with Gasteiger partial charge in [-0.15, -0.1) is 11.3 Å². The van der Waals surface area contributed by atoms with Gasteiger partial charge in [-0.1, -0.05) is 42.5 Å². The Morgan fingerprint density at radius 1 is 1.09 bits per heavy atom. The number of rotatable bonds is 4. The standard InChI is InChI=1S/C17H14FN3S/c1-12(13-7-9-15(18)10-8-13)20-21-17-19-16(11-22-17)14-5-3-2-4-6-14/h2-11H,1H3,(H,19,21)/b20-12-. The van der Waals surface area contributed by atoms with Crippen molar-refractivity contribution in [3.8, 4) is 11.3 Å². The summed E-state index contributed by atoms with van der Waals surface area (Å²) in [6.07, 6.45) is 0. The van der Waals surface area contributed by atoms with Gasteiger partial charge in [-0.05, 0) is 24.6 Å². The van der Waals surface area contributed by atoms with Gasteiger partial charge in [0.05, 0.1) is 11.4 Å². The van der Waals surface area contributed by atoms with Crippen LogP contribution in [0.3, 0.4) is 0 Å². The molecule has 0 radical (unpaired) electrons. The number of anilines is 1. The van der Waals surface area contributed by atoms with Crippen molar-refractivity contribution < 1.29 is 4.39 Å². The quantitative estimate of drug-likeness (QED) is 0.556. The highest BCUT2D eigenvalue weighted by atomic mass is 32.1. The van der Waals surface area contributed by atoms with Crippen LogP contribution in [0.25, 0.3) is 11.3 Å². The molecule has 1 heterocycles. The Kier molecular flexibility index (Phi) is 4.25. The number of hydrogen-bond donors (Lipinski definition) is 1. The van der Waals surface area contributed by atoms with Gasteiger partial charge in [0, 0.05) is 10.9 Å². The molecule has 1 aromatic heterocycles. The highest BCUT2D eigenvalue weighted by molar-refractivity contribution is 7.14. The molecule has 0 saturated carbocycles. The first kappa shape index (κ1) is 14.4. The number of nitrogens with one attached hydrogen (secondary N) is 1. The van der Waals surface area contributed by atoms with E-state index >= 15 is 0 Å². The van der Waals surface area contributed by atoms with Crippen LogP contribution in [0.1, 0.15) is 12.5 Å². The Hall–Kier alpha value is -2.53. The average Bonchev–Trinajstić information content (AvgIpc) is 3.03. The third-order valence-electron chi connectivity index (χ3n) is 3.15. The van der Waals surface area contributed by atoms with E-state index in [2.05, 4.69) is 15.5 Å². The largest absolute Gasteiger partial charge is 0.252 e. The maximum Gasteiger partial charge on any atom is 0.203 e. The third-order valence-corrected chi connectivity index (χ3v) is 3.90. The van der Waals surface area contributed by atoms with Crippen LogP contribution in [-0.4, -0.2) is 10.7 Å². The fourth-order valence-electron chi connectivity index (χ4n) is 1.95. The predicted molar refractivity (Wildman–Crippen MR) is 89.8 cm³/mol. The lowest BCUT2D eigenvalue weighted by Gasteiger charge is -2.01. The van der Waals surface area contributed by atoms with Crippen molar-refractivity contribution in [1.82, 2.24) is 4.98 Å². The summed E-state index contributed by atoms with van der Waals surface area (Å²) in [4.78, 5) is 4.50. The van der Waals surface area contributed by atoms with E-state index in [-0.39, 0.29) is 5.82 Å². The Bertz CT molecular complexity index is 779. The van der Waals surface area contributed by atoms with Crippen LogP contribution in [-0.2, 0) is 0 Å². The molecule has 0 unspecified atom stereocenters. The molecule has 0 fully saturated rings. The van der Waals surface area contributed by atoms with Crippen LogP contribution in [0.5, 0.6) is 0 Å². The molecule has 0 spiro atoms. The fourth-order valence-corrected chi connectivity index (χ4v) is 2.62. The number of halogens is 1. The summed E-state index contributed by atoms with van der Waals surface area (Å²) in [6.45, 7) is 1.87. The number of benzene rings is 2. The zero-order valence-electron chi connectivity index (χ0n) is 12.0. The van der Waals surface area contributed by atoms with E-state index in [1.807, 2.05) is 42.6 Å². The third kappa shape index (κ3) is 3.38. The Morgan fingerprint density at radius 2 is 1.82 bits per heavy atom. The molecule has 3 nitrogen and oxygen atoms in total. The molecule has 22 heavy (non-hydrogen) atoms. The van der Waals surface area contributed by atoms with E-state index in [9.17, 15) is 4.39 Å². The molecule has 2 aromatic carbocycles. The van der Waals surface area contributed by atoms with Crippen molar-refractivity contribution in [1.29, 1.82) is 0 Å². The van der Waals surface area contributed by atoms with Crippen molar-refractivity contribution in [3.63, 3.8) is 0 Å². The minimum absolute atomic E-state index is 0.253. The molecule has 0 bridgehead atoms. The monoisotopic (exact) mass is 311 g/mol. The molecule has 3 aromatic rings. The lowest BCUT2D eigenvalue weighted by atomic mass is 10.1. The van der Waals surface area contributed by atoms with Gasteiger partial charge in [-0.3, -0.25) is 5.43 Å². The van der Waals surface area contributed by atoms with Gasteiger partial charge in [0.15, 0.2) is 0 Å². The number of hydrazone groups is 1. The number of hydrogen-bond acceptors (Lipinski definition) is 4. The van der Waals surface area contributed by atoms with Crippen molar-refractivity contribution in [2.24, 2.45) is 5.10 Å². The molecule has 0 aliphatic heterocycles. The number of thiazole rings is 1. The molecular formula is C17H14FN3S. The van der Waals surface area contributed by atoms with Crippen LogP contribution in [0, 0.1) is 5.82 Å². The van der Waals surface area contributed by atoms with E-state index in [0.29, 0.717) is 0 Å². The maximum atomic E-state index is 12.9. The SMILES string of the molecule is C/C(=N/Nc1nc(-c2ccccc2)cs1)c1ccc(F)cc1. The van der Waals surface area contributed by atoms with Crippen LogP contribution in [0.15, 0.2) is 65.1 Å². The zero-order chi connectivity index (χ0) is 15.4. The minimum atomic E-state index is -0.253. The highest BCUT2D eigenvalue weighted by Crippen LogP contribution is 2.24. The van der Waals surface area contributed by atoms with E-state index < -0.39 is 0 Å². The van der Waals surface area contributed by atoms with Gasteiger partial charge < -0.3 is 0 Å². The second-order valence-electron chi connectivity index (χ2n) is 4.72. The first-order chi connectivity index (χ1) is 10.7. The van der Waals surface area contributed by atoms with Gasteiger partial charge in [0.25, 0.3) is 0 Å². The van der Waals surface area contributed by atoms with E-state index in [1.54, 1.807) is 12.1 Å². The molecule has 0 amide bonds. The van der Waals surface area contributed by atoms with Crippen LogP contribution in [0.2, 0.25) is 0 Å². The summed E-state index contributed by atoms with van der Waals surface area (Å²) >= 11 is 1.49. The van der Waals surface area contributed by atoms with Gasteiger partial charge in [-0.25, -0.2) is 9.37 Å². The van der Waals surface area contributed by atoms with E-state index in [0.717, 1.165) is 27.7 Å². The van der Waals surface area contributed by atoms with Crippen molar-refractivity contribution >= 4 is 22.2 Å². The summed E-state index contributed by atoms with van der Waals surface area (Å²) in [7, 11) is 0. The summed E-state index contributed by atoms with van der Waals surface area (Å²) < 4.78 is 12.9.